The van der Waals surface area contributed by atoms with Gasteiger partial charge in [0.25, 0.3) is 0 Å². The van der Waals surface area contributed by atoms with E-state index in [0.717, 1.165) is 36.7 Å². The van der Waals surface area contributed by atoms with Crippen LogP contribution in [0.3, 0.4) is 0 Å². The zero-order valence-corrected chi connectivity index (χ0v) is 11.9. The summed E-state index contributed by atoms with van der Waals surface area (Å²) in [5.74, 6) is 1.96. The van der Waals surface area contributed by atoms with E-state index >= 15 is 0 Å². The fraction of sp³-hybridized carbons (Fsp3) is 0.438. The molecule has 1 amide bonds. The van der Waals surface area contributed by atoms with Crippen molar-refractivity contribution in [1.29, 1.82) is 0 Å². The minimum atomic E-state index is -0.0572. The van der Waals surface area contributed by atoms with Gasteiger partial charge in [-0.25, -0.2) is 0 Å². The normalized spacial score (nSPS) is 20.7. The number of fused-ring (bicyclic) bond motifs is 1. The molecule has 21 heavy (non-hydrogen) atoms. The first-order chi connectivity index (χ1) is 10.3. The maximum atomic E-state index is 11.8. The van der Waals surface area contributed by atoms with Crippen molar-refractivity contribution in [2.45, 2.75) is 12.8 Å². The summed E-state index contributed by atoms with van der Waals surface area (Å²) >= 11 is 0. The van der Waals surface area contributed by atoms with Crippen molar-refractivity contribution < 1.29 is 14.3 Å². The molecule has 0 bridgehead atoms. The van der Waals surface area contributed by atoms with Crippen molar-refractivity contribution in [3.05, 3.63) is 29.8 Å². The Labute approximate surface area is 124 Å². The lowest BCUT2D eigenvalue weighted by molar-refractivity contribution is -0.116. The number of piperidine rings is 1. The van der Waals surface area contributed by atoms with Crippen molar-refractivity contribution in [3.63, 3.8) is 0 Å². The quantitative estimate of drug-likeness (QED) is 0.825. The maximum absolute atomic E-state index is 11.8. The van der Waals surface area contributed by atoms with E-state index in [4.69, 9.17) is 9.47 Å². The van der Waals surface area contributed by atoms with Crippen molar-refractivity contribution >= 4 is 12.0 Å². The maximum Gasteiger partial charge on any atom is 0.244 e. The summed E-state index contributed by atoms with van der Waals surface area (Å²) in [6.45, 7) is 3.08. The highest BCUT2D eigenvalue weighted by Gasteiger charge is 2.14. The summed E-state index contributed by atoms with van der Waals surface area (Å²) in [5.41, 5.74) is 0.925. The number of carbonyl (C=O) groups is 1. The molecule has 1 saturated heterocycles. The fourth-order valence-electron chi connectivity index (χ4n) is 2.59. The van der Waals surface area contributed by atoms with Crippen LogP contribution < -0.4 is 20.1 Å². The molecule has 1 atom stereocenters. The number of nitrogens with one attached hydrogen (secondary N) is 2. The average Bonchev–Trinajstić information content (AvgIpc) is 2.99. The van der Waals surface area contributed by atoms with E-state index in [1.165, 1.54) is 12.8 Å². The van der Waals surface area contributed by atoms with Crippen molar-refractivity contribution in [2.24, 2.45) is 5.92 Å². The highest BCUT2D eigenvalue weighted by Crippen LogP contribution is 2.32. The molecule has 1 unspecified atom stereocenters. The Bertz CT molecular complexity index is 536. The molecule has 1 aromatic carbocycles. The first kappa shape index (κ1) is 13.9. The number of rotatable bonds is 4. The molecule has 1 fully saturated rings. The number of benzene rings is 1. The third-order valence-electron chi connectivity index (χ3n) is 3.79. The highest BCUT2D eigenvalue weighted by atomic mass is 16.7. The van der Waals surface area contributed by atoms with Gasteiger partial charge in [0.15, 0.2) is 11.5 Å². The summed E-state index contributed by atoms with van der Waals surface area (Å²) in [4.78, 5) is 11.8. The predicted molar refractivity (Wildman–Crippen MR) is 80.2 cm³/mol. The Morgan fingerprint density at radius 1 is 1.38 bits per heavy atom. The topological polar surface area (TPSA) is 59.6 Å². The van der Waals surface area contributed by atoms with Gasteiger partial charge < -0.3 is 20.1 Å². The van der Waals surface area contributed by atoms with E-state index in [9.17, 15) is 4.79 Å². The molecule has 0 aliphatic carbocycles. The van der Waals surface area contributed by atoms with Gasteiger partial charge in [-0.15, -0.1) is 0 Å². The zero-order valence-electron chi connectivity index (χ0n) is 11.9. The molecular weight excluding hydrogens is 268 g/mol. The van der Waals surface area contributed by atoms with Gasteiger partial charge in [0.2, 0.25) is 12.7 Å². The van der Waals surface area contributed by atoms with Gasteiger partial charge in [0, 0.05) is 12.6 Å². The van der Waals surface area contributed by atoms with Crippen LogP contribution in [0.25, 0.3) is 6.08 Å². The van der Waals surface area contributed by atoms with Crippen LogP contribution in [0, 0.1) is 5.92 Å². The minimum absolute atomic E-state index is 0.0572. The lowest BCUT2D eigenvalue weighted by atomic mass is 10.00. The highest BCUT2D eigenvalue weighted by molar-refractivity contribution is 5.91. The van der Waals surface area contributed by atoms with Gasteiger partial charge in [-0.05, 0) is 55.6 Å². The molecule has 0 saturated carbocycles. The van der Waals surface area contributed by atoms with E-state index in [1.807, 2.05) is 18.2 Å². The second-order valence-corrected chi connectivity index (χ2v) is 5.40. The third kappa shape index (κ3) is 3.76. The molecule has 0 aromatic heterocycles. The van der Waals surface area contributed by atoms with Gasteiger partial charge in [-0.3, -0.25) is 4.79 Å². The molecule has 5 nitrogen and oxygen atoms in total. The zero-order chi connectivity index (χ0) is 14.5. The first-order valence-electron chi connectivity index (χ1n) is 7.37. The van der Waals surface area contributed by atoms with Gasteiger partial charge in [-0.1, -0.05) is 6.07 Å². The van der Waals surface area contributed by atoms with Crippen LogP contribution in [0.4, 0.5) is 0 Å². The fourth-order valence-corrected chi connectivity index (χ4v) is 2.59. The molecule has 5 heteroatoms. The van der Waals surface area contributed by atoms with E-state index in [1.54, 1.807) is 12.2 Å². The number of carbonyl (C=O) groups excluding carboxylic acids is 1. The number of amides is 1. The lowest BCUT2D eigenvalue weighted by Crippen LogP contribution is -2.37. The molecular formula is C16H20N2O3. The van der Waals surface area contributed by atoms with Gasteiger partial charge >= 0.3 is 0 Å². The Kier molecular flexibility index (Phi) is 4.40. The van der Waals surface area contributed by atoms with Crippen molar-refractivity contribution in [1.82, 2.24) is 10.6 Å². The number of hydrogen-bond acceptors (Lipinski definition) is 4. The van der Waals surface area contributed by atoms with Crippen molar-refractivity contribution in [3.8, 4) is 11.5 Å². The summed E-state index contributed by atoms with van der Waals surface area (Å²) in [6, 6.07) is 5.63. The predicted octanol–water partition coefficient (Wildman–Crippen LogP) is 1.54. The average molecular weight is 288 g/mol. The van der Waals surface area contributed by atoms with E-state index in [2.05, 4.69) is 10.6 Å². The molecule has 0 radical (unpaired) electrons. The van der Waals surface area contributed by atoms with Crippen LogP contribution in [0.15, 0.2) is 24.3 Å². The van der Waals surface area contributed by atoms with Crippen LogP contribution >= 0.6 is 0 Å². The molecule has 2 N–H and O–H groups in total. The summed E-state index contributed by atoms with van der Waals surface area (Å²) in [5, 5.41) is 6.30. The summed E-state index contributed by atoms with van der Waals surface area (Å²) in [7, 11) is 0. The molecule has 2 heterocycles. The number of ether oxygens (including phenoxy) is 2. The van der Waals surface area contributed by atoms with Gasteiger partial charge in [-0.2, -0.15) is 0 Å². The monoisotopic (exact) mass is 288 g/mol. The van der Waals surface area contributed by atoms with Crippen LogP contribution in [-0.2, 0) is 4.79 Å². The summed E-state index contributed by atoms with van der Waals surface area (Å²) < 4.78 is 10.6. The molecule has 112 valence electrons. The van der Waals surface area contributed by atoms with Crippen molar-refractivity contribution in [2.75, 3.05) is 26.4 Å². The smallest absolute Gasteiger partial charge is 0.244 e. The lowest BCUT2D eigenvalue weighted by Gasteiger charge is -2.22. The minimum Gasteiger partial charge on any atom is -0.454 e. The van der Waals surface area contributed by atoms with E-state index in [0.29, 0.717) is 5.92 Å². The molecule has 1 aromatic rings. The Morgan fingerprint density at radius 3 is 3.14 bits per heavy atom. The van der Waals surface area contributed by atoms with Crippen LogP contribution in [0.5, 0.6) is 11.5 Å². The Hall–Kier alpha value is -2.01. The van der Waals surface area contributed by atoms with Crippen LogP contribution in [0.1, 0.15) is 18.4 Å². The standard InChI is InChI=1S/C16H20N2O3/c19-16(18-10-13-2-1-7-17-9-13)6-4-12-3-5-14-15(8-12)21-11-20-14/h3-6,8,13,17H,1-2,7,9-11H2,(H,18,19). The second kappa shape index (κ2) is 6.63. The van der Waals surface area contributed by atoms with E-state index in [-0.39, 0.29) is 12.7 Å². The Balaban J connectivity index is 1.49. The largest absolute Gasteiger partial charge is 0.454 e. The summed E-state index contributed by atoms with van der Waals surface area (Å²) in [6.07, 6.45) is 5.72. The van der Waals surface area contributed by atoms with E-state index < -0.39 is 0 Å². The molecule has 0 spiro atoms. The SMILES string of the molecule is O=C(C=Cc1ccc2c(c1)OCO2)NCC1CCCNC1. The molecule has 2 aliphatic rings. The molecule has 2 aliphatic heterocycles. The second-order valence-electron chi connectivity index (χ2n) is 5.40. The van der Waals surface area contributed by atoms with Gasteiger partial charge in [0.1, 0.15) is 0 Å². The number of hydrogen-bond donors (Lipinski definition) is 2. The first-order valence-corrected chi connectivity index (χ1v) is 7.37. The third-order valence-corrected chi connectivity index (χ3v) is 3.79. The van der Waals surface area contributed by atoms with Gasteiger partial charge in [0.05, 0.1) is 0 Å². The van der Waals surface area contributed by atoms with Crippen LogP contribution in [0.2, 0.25) is 0 Å². The Morgan fingerprint density at radius 2 is 2.29 bits per heavy atom. The van der Waals surface area contributed by atoms with Crippen LogP contribution in [-0.4, -0.2) is 32.3 Å². The molecule has 3 rings (SSSR count).